The van der Waals surface area contributed by atoms with Gasteiger partial charge in [0.2, 0.25) is 0 Å². The van der Waals surface area contributed by atoms with Crippen molar-refractivity contribution >= 4 is 21.8 Å². The lowest BCUT2D eigenvalue weighted by Gasteiger charge is -2.17. The molecule has 1 aromatic heterocycles. The van der Waals surface area contributed by atoms with Crippen molar-refractivity contribution in [3.05, 3.63) is 52.5 Å². The summed E-state index contributed by atoms with van der Waals surface area (Å²) in [6, 6.07) is 6.90. The second kappa shape index (κ2) is 6.13. The number of carbonyl (C=O) groups is 1. The summed E-state index contributed by atoms with van der Waals surface area (Å²) in [5.74, 6) is -0.110. The van der Waals surface area contributed by atoms with Gasteiger partial charge in [0.25, 0.3) is 5.91 Å². The summed E-state index contributed by atoms with van der Waals surface area (Å²) in [5, 5.41) is 0. The molecule has 0 aliphatic carbocycles. The van der Waals surface area contributed by atoms with Gasteiger partial charge in [-0.1, -0.05) is 22.0 Å². The monoisotopic (exact) mass is 343 g/mol. The van der Waals surface area contributed by atoms with Gasteiger partial charge in [0, 0.05) is 29.5 Å². The summed E-state index contributed by atoms with van der Waals surface area (Å²) in [7, 11) is 1.55. The quantitative estimate of drug-likeness (QED) is 0.854. The minimum atomic E-state index is -2.66. The molecule has 0 saturated heterocycles. The van der Waals surface area contributed by atoms with Gasteiger partial charge < -0.3 is 4.90 Å². The Kier molecular flexibility index (Phi) is 4.49. The summed E-state index contributed by atoms with van der Waals surface area (Å²) in [4.78, 5) is 17.4. The Hall–Kier alpha value is -1.76. The number of hydrogen-bond acceptors (Lipinski definition) is 2. The fourth-order valence-corrected chi connectivity index (χ4v) is 2.17. The first-order valence-corrected chi connectivity index (χ1v) is 6.59. The van der Waals surface area contributed by atoms with E-state index < -0.39 is 6.55 Å². The Morgan fingerprint density at radius 1 is 1.50 bits per heavy atom. The number of hydrogen-bond donors (Lipinski definition) is 0. The zero-order valence-electron chi connectivity index (χ0n) is 10.6. The van der Waals surface area contributed by atoms with Gasteiger partial charge in [-0.2, -0.15) is 8.78 Å². The van der Waals surface area contributed by atoms with Crippen molar-refractivity contribution in [2.45, 2.75) is 13.1 Å². The number of aromatic nitrogens is 2. The topological polar surface area (TPSA) is 38.1 Å². The van der Waals surface area contributed by atoms with Gasteiger partial charge in [0.15, 0.2) is 0 Å². The van der Waals surface area contributed by atoms with Gasteiger partial charge in [-0.3, -0.25) is 9.36 Å². The van der Waals surface area contributed by atoms with E-state index in [-0.39, 0.29) is 18.3 Å². The van der Waals surface area contributed by atoms with Crippen LogP contribution >= 0.6 is 15.9 Å². The maximum absolute atomic E-state index is 12.7. The van der Waals surface area contributed by atoms with E-state index in [1.165, 1.54) is 17.3 Å². The van der Waals surface area contributed by atoms with Crippen molar-refractivity contribution in [1.82, 2.24) is 14.5 Å². The predicted molar refractivity (Wildman–Crippen MR) is 73.4 cm³/mol. The Balaban J connectivity index is 2.14. The number of benzene rings is 1. The van der Waals surface area contributed by atoms with Gasteiger partial charge in [-0.15, -0.1) is 0 Å². The highest BCUT2D eigenvalue weighted by molar-refractivity contribution is 9.10. The van der Waals surface area contributed by atoms with Crippen molar-refractivity contribution in [3.8, 4) is 0 Å². The maximum atomic E-state index is 12.7. The summed E-state index contributed by atoms with van der Waals surface area (Å²) >= 11 is 3.28. The van der Waals surface area contributed by atoms with Crippen molar-refractivity contribution in [2.24, 2.45) is 0 Å². The smallest absolute Gasteiger partial charge is 0.319 e. The Bertz CT molecular complexity index is 615. The van der Waals surface area contributed by atoms with Crippen LogP contribution < -0.4 is 0 Å². The lowest BCUT2D eigenvalue weighted by molar-refractivity contribution is 0.0612. The molecule has 20 heavy (non-hydrogen) atoms. The molecular weight excluding hydrogens is 332 g/mol. The molecule has 0 atom stereocenters. The summed E-state index contributed by atoms with van der Waals surface area (Å²) in [5.41, 5.74) is 0.483. The summed E-state index contributed by atoms with van der Waals surface area (Å²) in [6.45, 7) is -2.65. The van der Waals surface area contributed by atoms with E-state index in [2.05, 4.69) is 20.9 Å². The minimum absolute atomic E-state index is 0.0166. The van der Waals surface area contributed by atoms with E-state index in [4.69, 9.17) is 0 Å². The van der Waals surface area contributed by atoms with Crippen LogP contribution in [-0.2, 0) is 6.54 Å². The Labute approximate surface area is 123 Å². The van der Waals surface area contributed by atoms with E-state index in [1.807, 2.05) is 0 Å². The van der Waals surface area contributed by atoms with Crippen LogP contribution in [-0.4, -0.2) is 27.4 Å². The molecule has 0 saturated carbocycles. The third-order valence-electron chi connectivity index (χ3n) is 2.76. The van der Waals surface area contributed by atoms with Crippen LogP contribution in [0, 0.1) is 0 Å². The third kappa shape index (κ3) is 3.22. The fourth-order valence-electron chi connectivity index (χ4n) is 1.77. The maximum Gasteiger partial charge on any atom is 0.319 e. The van der Waals surface area contributed by atoms with Crippen molar-refractivity contribution in [3.63, 3.8) is 0 Å². The molecule has 106 valence electrons. The van der Waals surface area contributed by atoms with Crippen LogP contribution in [0.25, 0.3) is 0 Å². The Morgan fingerprint density at radius 2 is 2.25 bits per heavy atom. The highest BCUT2D eigenvalue weighted by Crippen LogP contribution is 2.16. The molecule has 0 aliphatic heterocycles. The summed E-state index contributed by atoms with van der Waals surface area (Å²) in [6.07, 6.45) is 2.48. The lowest BCUT2D eigenvalue weighted by atomic mass is 10.2. The van der Waals surface area contributed by atoms with Crippen LogP contribution in [0.15, 0.2) is 41.1 Å². The van der Waals surface area contributed by atoms with Gasteiger partial charge in [0.1, 0.15) is 5.82 Å². The molecule has 2 aromatic rings. The number of halogens is 3. The van der Waals surface area contributed by atoms with E-state index in [0.717, 1.165) is 9.04 Å². The van der Waals surface area contributed by atoms with Gasteiger partial charge in [-0.05, 0) is 18.2 Å². The largest absolute Gasteiger partial charge is 0.334 e. The van der Waals surface area contributed by atoms with Crippen LogP contribution in [0.3, 0.4) is 0 Å². The third-order valence-corrected chi connectivity index (χ3v) is 3.25. The van der Waals surface area contributed by atoms with Gasteiger partial charge >= 0.3 is 6.55 Å². The number of nitrogens with zero attached hydrogens (tertiary/aromatic N) is 3. The SMILES string of the molecule is CN(Cc1nccn1C(F)F)C(=O)c1cccc(Br)c1. The molecule has 0 spiro atoms. The molecule has 0 aliphatic rings. The van der Waals surface area contributed by atoms with Gasteiger partial charge in [-0.25, -0.2) is 4.98 Å². The van der Waals surface area contributed by atoms with E-state index in [0.29, 0.717) is 5.56 Å². The first-order valence-electron chi connectivity index (χ1n) is 5.80. The first-order chi connectivity index (χ1) is 9.49. The van der Waals surface area contributed by atoms with Crippen LogP contribution in [0.4, 0.5) is 8.78 Å². The summed E-state index contributed by atoms with van der Waals surface area (Å²) < 4.78 is 26.9. The minimum Gasteiger partial charge on any atom is -0.334 e. The van der Waals surface area contributed by atoms with Crippen LogP contribution in [0.1, 0.15) is 22.7 Å². The number of imidazole rings is 1. The van der Waals surface area contributed by atoms with E-state index in [9.17, 15) is 13.6 Å². The number of rotatable bonds is 4. The zero-order chi connectivity index (χ0) is 14.7. The highest BCUT2D eigenvalue weighted by atomic mass is 79.9. The molecule has 0 bridgehead atoms. The van der Waals surface area contributed by atoms with Gasteiger partial charge in [0.05, 0.1) is 6.54 Å². The van der Waals surface area contributed by atoms with Crippen molar-refractivity contribution in [2.75, 3.05) is 7.05 Å². The lowest BCUT2D eigenvalue weighted by Crippen LogP contribution is -2.27. The fraction of sp³-hybridized carbons (Fsp3) is 0.231. The second-order valence-corrected chi connectivity index (χ2v) is 5.12. The van der Waals surface area contributed by atoms with E-state index in [1.54, 1.807) is 31.3 Å². The van der Waals surface area contributed by atoms with Crippen LogP contribution in [0.5, 0.6) is 0 Å². The molecule has 1 amide bonds. The van der Waals surface area contributed by atoms with E-state index >= 15 is 0 Å². The molecule has 0 radical (unpaired) electrons. The normalized spacial score (nSPS) is 10.8. The average Bonchev–Trinajstić information content (AvgIpc) is 2.86. The number of carbonyl (C=O) groups excluding carboxylic acids is 1. The van der Waals surface area contributed by atoms with Crippen LogP contribution in [0.2, 0.25) is 0 Å². The Morgan fingerprint density at radius 3 is 2.90 bits per heavy atom. The molecule has 1 heterocycles. The molecule has 1 aromatic carbocycles. The molecular formula is C13H12BrF2N3O. The first kappa shape index (κ1) is 14.6. The molecule has 0 N–H and O–H groups in total. The van der Waals surface area contributed by atoms with Crippen molar-refractivity contribution < 1.29 is 13.6 Å². The number of alkyl halides is 2. The average molecular weight is 344 g/mol. The standard InChI is InChI=1S/C13H12BrF2N3O/c1-18(8-11-17-5-6-19(11)13(15)16)12(20)9-3-2-4-10(14)7-9/h2-7,13H,8H2,1H3. The molecule has 4 nitrogen and oxygen atoms in total. The molecule has 0 fully saturated rings. The molecule has 0 unspecified atom stereocenters. The zero-order valence-corrected chi connectivity index (χ0v) is 12.2. The predicted octanol–water partition coefficient (Wildman–Crippen LogP) is 3.31. The van der Waals surface area contributed by atoms with Crippen molar-refractivity contribution in [1.29, 1.82) is 0 Å². The molecule has 7 heteroatoms. The second-order valence-electron chi connectivity index (χ2n) is 4.20. The highest BCUT2D eigenvalue weighted by Gasteiger charge is 2.17. The molecule has 2 rings (SSSR count). The number of amides is 1.